The molecule has 19 heavy (non-hydrogen) atoms. The molecule has 1 aromatic heterocycles. The Kier molecular flexibility index (Phi) is 4.98. The average Bonchev–Trinajstić information content (AvgIpc) is 3.06. The molecule has 2 heterocycles. The molecule has 0 spiro atoms. The highest BCUT2D eigenvalue weighted by molar-refractivity contribution is 7.09. The summed E-state index contributed by atoms with van der Waals surface area (Å²) in [6.07, 6.45) is 4.92. The molecule has 108 valence electrons. The Morgan fingerprint density at radius 2 is 2.16 bits per heavy atom. The van der Waals surface area contributed by atoms with Gasteiger partial charge in [-0.3, -0.25) is 4.90 Å². The minimum atomic E-state index is 0.241. The third-order valence-corrected chi connectivity index (χ3v) is 5.68. The third-order valence-electron chi connectivity index (χ3n) is 4.69. The van der Waals surface area contributed by atoms with Gasteiger partial charge < -0.3 is 5.32 Å². The molecule has 2 unspecified atom stereocenters. The van der Waals surface area contributed by atoms with Gasteiger partial charge in [0.15, 0.2) is 0 Å². The molecule has 3 nitrogen and oxygen atoms in total. The number of nitrogens with zero attached hydrogens (tertiary/aromatic N) is 2. The number of rotatable bonds is 6. The lowest BCUT2D eigenvalue weighted by molar-refractivity contribution is 0.0873. The Bertz CT molecular complexity index is 398. The lowest BCUT2D eigenvalue weighted by atomic mass is 9.85. The average molecular weight is 281 g/mol. The monoisotopic (exact) mass is 281 g/mol. The van der Waals surface area contributed by atoms with Gasteiger partial charge in [-0.25, -0.2) is 4.98 Å². The minimum Gasteiger partial charge on any atom is -0.315 e. The van der Waals surface area contributed by atoms with Gasteiger partial charge in [0.1, 0.15) is 0 Å². The molecule has 2 atom stereocenters. The van der Waals surface area contributed by atoms with Crippen LogP contribution in [0.1, 0.15) is 43.8 Å². The number of likely N-dealkylation sites (tertiary alicyclic amines) is 1. The van der Waals surface area contributed by atoms with E-state index >= 15 is 0 Å². The maximum Gasteiger partial charge on any atom is 0.0944 e. The predicted molar refractivity (Wildman–Crippen MR) is 82.9 cm³/mol. The molecule has 1 aliphatic rings. The largest absolute Gasteiger partial charge is 0.315 e. The van der Waals surface area contributed by atoms with E-state index in [9.17, 15) is 0 Å². The first-order chi connectivity index (χ1) is 9.10. The van der Waals surface area contributed by atoms with Crippen LogP contribution in [0.2, 0.25) is 0 Å². The van der Waals surface area contributed by atoms with Gasteiger partial charge in [-0.1, -0.05) is 6.92 Å². The summed E-state index contributed by atoms with van der Waals surface area (Å²) >= 11 is 1.79. The van der Waals surface area contributed by atoms with Crippen molar-refractivity contribution in [2.45, 2.75) is 58.0 Å². The maximum atomic E-state index is 4.63. The van der Waals surface area contributed by atoms with Gasteiger partial charge in [0.2, 0.25) is 0 Å². The van der Waals surface area contributed by atoms with Crippen molar-refractivity contribution in [2.75, 3.05) is 20.1 Å². The van der Waals surface area contributed by atoms with Crippen molar-refractivity contribution < 1.29 is 0 Å². The molecule has 0 bridgehead atoms. The summed E-state index contributed by atoms with van der Waals surface area (Å²) in [6, 6.07) is 0.473. The second kappa shape index (κ2) is 6.33. The Labute approximate surface area is 121 Å². The normalized spacial score (nSPS) is 21.5. The first kappa shape index (κ1) is 14.9. The molecule has 0 amide bonds. The first-order valence-electron chi connectivity index (χ1n) is 7.43. The molecule has 1 aromatic rings. The lowest BCUT2D eigenvalue weighted by Gasteiger charge is -2.44. The van der Waals surface area contributed by atoms with E-state index in [0.717, 1.165) is 12.1 Å². The number of aromatic nitrogens is 1. The number of hydrogen-bond acceptors (Lipinski definition) is 4. The summed E-state index contributed by atoms with van der Waals surface area (Å²) < 4.78 is 0. The molecule has 0 radical (unpaired) electrons. The van der Waals surface area contributed by atoms with Gasteiger partial charge in [-0.15, -0.1) is 11.3 Å². The molecule has 1 aliphatic heterocycles. The number of likely N-dealkylation sites (N-methyl/N-ethyl adjacent to an activating group) is 1. The number of aryl methyl sites for hydroxylation is 1. The molecular formula is C15H27N3S. The number of nitrogens with one attached hydrogen (secondary N) is 1. The van der Waals surface area contributed by atoms with Crippen LogP contribution < -0.4 is 5.32 Å². The van der Waals surface area contributed by atoms with Crippen LogP contribution in [-0.4, -0.2) is 41.6 Å². The smallest absolute Gasteiger partial charge is 0.0944 e. The molecule has 0 aromatic carbocycles. The second-order valence-electron chi connectivity index (χ2n) is 5.83. The number of thiazole rings is 1. The van der Waals surface area contributed by atoms with Crippen molar-refractivity contribution in [3.63, 3.8) is 0 Å². The zero-order chi connectivity index (χ0) is 13.9. The van der Waals surface area contributed by atoms with Crippen molar-refractivity contribution in [3.8, 4) is 0 Å². The minimum absolute atomic E-state index is 0.241. The van der Waals surface area contributed by atoms with Gasteiger partial charge in [0.05, 0.1) is 5.01 Å². The number of hydrogen-bond donors (Lipinski definition) is 1. The molecule has 4 heteroatoms. The fourth-order valence-electron chi connectivity index (χ4n) is 3.22. The predicted octanol–water partition coefficient (Wildman–Crippen LogP) is 2.85. The maximum absolute atomic E-state index is 4.63. The second-order valence-corrected chi connectivity index (χ2v) is 6.78. The van der Waals surface area contributed by atoms with E-state index in [1.54, 1.807) is 11.3 Å². The van der Waals surface area contributed by atoms with Gasteiger partial charge in [-0.05, 0) is 53.2 Å². The summed E-state index contributed by atoms with van der Waals surface area (Å²) in [7, 11) is 2.09. The van der Waals surface area contributed by atoms with Crippen molar-refractivity contribution in [1.29, 1.82) is 0 Å². The van der Waals surface area contributed by atoms with Crippen LogP contribution >= 0.6 is 11.3 Å². The summed E-state index contributed by atoms with van der Waals surface area (Å²) in [6.45, 7) is 9.31. The Morgan fingerprint density at radius 1 is 1.47 bits per heavy atom. The van der Waals surface area contributed by atoms with Crippen molar-refractivity contribution in [1.82, 2.24) is 15.2 Å². The molecule has 1 N–H and O–H groups in total. The first-order valence-corrected chi connectivity index (χ1v) is 8.31. The standard InChI is InChI=1S/C15H27N3S/c1-5-15(3,18-8-6-7-9-18)13(16-4)10-14-17-12(2)11-19-14/h11,13,16H,5-10H2,1-4H3. The van der Waals surface area contributed by atoms with Gasteiger partial charge in [0, 0.05) is 29.1 Å². The highest BCUT2D eigenvalue weighted by Crippen LogP contribution is 2.30. The Balaban J connectivity index is 2.13. The molecular weight excluding hydrogens is 254 g/mol. The van der Waals surface area contributed by atoms with Crippen molar-refractivity contribution in [2.24, 2.45) is 0 Å². The van der Waals surface area contributed by atoms with Crippen LogP contribution in [0.3, 0.4) is 0 Å². The van der Waals surface area contributed by atoms with Crippen LogP contribution in [-0.2, 0) is 6.42 Å². The van der Waals surface area contributed by atoms with Gasteiger partial charge in [-0.2, -0.15) is 0 Å². The topological polar surface area (TPSA) is 28.2 Å². The summed E-state index contributed by atoms with van der Waals surface area (Å²) in [5.74, 6) is 0. The summed E-state index contributed by atoms with van der Waals surface area (Å²) in [4.78, 5) is 7.31. The fraction of sp³-hybridized carbons (Fsp3) is 0.800. The van der Waals surface area contributed by atoms with Gasteiger partial charge in [0.25, 0.3) is 0 Å². The highest BCUT2D eigenvalue weighted by atomic mass is 32.1. The zero-order valence-electron chi connectivity index (χ0n) is 12.7. The molecule has 0 aliphatic carbocycles. The van der Waals surface area contributed by atoms with Crippen molar-refractivity contribution >= 4 is 11.3 Å². The third kappa shape index (κ3) is 3.18. The molecule has 0 saturated carbocycles. The van der Waals surface area contributed by atoms with Crippen LogP contribution in [0.25, 0.3) is 0 Å². The van der Waals surface area contributed by atoms with Gasteiger partial charge >= 0.3 is 0 Å². The SMILES string of the molecule is CCC(C)(C(Cc1nc(C)cs1)NC)N1CCCC1. The van der Waals surface area contributed by atoms with Crippen LogP contribution in [0.4, 0.5) is 0 Å². The van der Waals surface area contributed by atoms with E-state index < -0.39 is 0 Å². The summed E-state index contributed by atoms with van der Waals surface area (Å²) in [5, 5.41) is 6.97. The zero-order valence-corrected chi connectivity index (χ0v) is 13.5. The van der Waals surface area contributed by atoms with E-state index in [1.165, 1.54) is 37.4 Å². The lowest BCUT2D eigenvalue weighted by Crippen LogP contribution is -2.58. The van der Waals surface area contributed by atoms with Crippen molar-refractivity contribution in [3.05, 3.63) is 16.1 Å². The van der Waals surface area contributed by atoms with Crippen LogP contribution in [0, 0.1) is 6.92 Å². The molecule has 1 fully saturated rings. The molecule has 1 saturated heterocycles. The summed E-state index contributed by atoms with van der Waals surface area (Å²) in [5.41, 5.74) is 1.39. The van der Waals surface area contributed by atoms with E-state index in [4.69, 9.17) is 0 Å². The fourth-order valence-corrected chi connectivity index (χ4v) is 4.04. The Morgan fingerprint density at radius 3 is 2.63 bits per heavy atom. The van der Waals surface area contributed by atoms with Crippen LogP contribution in [0.5, 0.6) is 0 Å². The Hall–Kier alpha value is -0.450. The van der Waals surface area contributed by atoms with E-state index in [0.29, 0.717) is 6.04 Å². The van der Waals surface area contributed by atoms with E-state index in [2.05, 4.69) is 48.4 Å². The van der Waals surface area contributed by atoms with Crippen LogP contribution in [0.15, 0.2) is 5.38 Å². The molecule has 2 rings (SSSR count). The van der Waals surface area contributed by atoms with E-state index in [1.807, 2.05) is 0 Å². The quantitative estimate of drug-likeness (QED) is 0.869. The highest BCUT2D eigenvalue weighted by Gasteiger charge is 2.38. The van der Waals surface area contributed by atoms with E-state index in [-0.39, 0.29) is 5.54 Å².